The average Bonchev–Trinajstić information content (AvgIpc) is 2.82. The molecule has 0 aliphatic carbocycles. The van der Waals surface area contributed by atoms with E-state index in [2.05, 4.69) is 21.2 Å². The van der Waals surface area contributed by atoms with Crippen molar-refractivity contribution in [3.63, 3.8) is 0 Å². The van der Waals surface area contributed by atoms with Crippen molar-refractivity contribution in [1.82, 2.24) is 5.43 Å². The van der Waals surface area contributed by atoms with E-state index in [1.165, 1.54) is 6.21 Å². The molecule has 35 heavy (non-hydrogen) atoms. The second-order valence-electron chi connectivity index (χ2n) is 7.79. The van der Waals surface area contributed by atoms with Gasteiger partial charge in [0.15, 0.2) is 6.61 Å². The largest absolute Gasteiger partial charge is 0.484 e. The van der Waals surface area contributed by atoms with Gasteiger partial charge >= 0.3 is 11.8 Å². The number of para-hydroxylation sites is 1. The SMILES string of the molecule is Cc1ccc(Cl)cc1NC(=O)COc1cccc(/C=N\NC(=O)C(=O)Nc2c(C)cccc2C)c1. The van der Waals surface area contributed by atoms with Crippen molar-refractivity contribution in [2.45, 2.75) is 20.8 Å². The molecule has 3 N–H and O–H groups in total. The molecule has 0 spiro atoms. The topological polar surface area (TPSA) is 109 Å². The van der Waals surface area contributed by atoms with Crippen LogP contribution in [0.25, 0.3) is 0 Å². The molecule has 3 aromatic rings. The Kier molecular flexibility index (Phi) is 8.58. The maximum absolute atomic E-state index is 12.2. The summed E-state index contributed by atoms with van der Waals surface area (Å²) in [6, 6.07) is 17.6. The highest BCUT2D eigenvalue weighted by Gasteiger charge is 2.15. The molecule has 180 valence electrons. The number of amides is 3. The van der Waals surface area contributed by atoms with E-state index in [0.717, 1.165) is 16.7 Å². The zero-order chi connectivity index (χ0) is 25.4. The molecule has 0 saturated carbocycles. The lowest BCUT2D eigenvalue weighted by Gasteiger charge is -2.10. The summed E-state index contributed by atoms with van der Waals surface area (Å²) in [7, 11) is 0. The Morgan fingerprint density at radius 2 is 1.60 bits per heavy atom. The Hall–Kier alpha value is -4.17. The lowest BCUT2D eigenvalue weighted by Crippen LogP contribution is -2.32. The number of carbonyl (C=O) groups is 3. The fraction of sp³-hybridized carbons (Fsp3) is 0.154. The molecule has 3 amide bonds. The number of hydrogen-bond donors (Lipinski definition) is 3. The monoisotopic (exact) mass is 492 g/mol. The molecule has 8 nitrogen and oxygen atoms in total. The highest BCUT2D eigenvalue weighted by molar-refractivity contribution is 6.39. The molecule has 9 heteroatoms. The second kappa shape index (κ2) is 11.8. The van der Waals surface area contributed by atoms with E-state index in [-0.39, 0.29) is 12.5 Å². The Morgan fingerprint density at radius 3 is 2.34 bits per heavy atom. The van der Waals surface area contributed by atoms with Crippen LogP contribution < -0.4 is 20.8 Å². The first-order chi connectivity index (χ1) is 16.7. The van der Waals surface area contributed by atoms with Crippen LogP contribution in [0.15, 0.2) is 65.8 Å². The third kappa shape index (κ3) is 7.41. The summed E-state index contributed by atoms with van der Waals surface area (Å²) in [6.07, 6.45) is 1.37. The number of hydrogen-bond acceptors (Lipinski definition) is 5. The Morgan fingerprint density at radius 1 is 0.886 bits per heavy atom. The van der Waals surface area contributed by atoms with Crippen molar-refractivity contribution in [1.29, 1.82) is 0 Å². The number of ether oxygens (including phenoxy) is 1. The first-order valence-corrected chi connectivity index (χ1v) is 11.1. The molecule has 0 unspecified atom stereocenters. The summed E-state index contributed by atoms with van der Waals surface area (Å²) < 4.78 is 5.55. The predicted molar refractivity (Wildman–Crippen MR) is 137 cm³/mol. The Bertz CT molecular complexity index is 1270. The molecule has 0 atom stereocenters. The number of aryl methyl sites for hydroxylation is 3. The third-order valence-electron chi connectivity index (χ3n) is 5.01. The molecule has 0 aromatic heterocycles. The summed E-state index contributed by atoms with van der Waals surface area (Å²) in [5.74, 6) is -1.62. The first-order valence-electron chi connectivity index (χ1n) is 10.7. The molecule has 0 saturated heterocycles. The van der Waals surface area contributed by atoms with Gasteiger partial charge in [0, 0.05) is 16.4 Å². The molecule has 0 heterocycles. The van der Waals surface area contributed by atoms with Crippen molar-refractivity contribution >= 4 is 46.9 Å². The van der Waals surface area contributed by atoms with E-state index >= 15 is 0 Å². The van der Waals surface area contributed by atoms with Gasteiger partial charge in [0.05, 0.1) is 6.21 Å². The van der Waals surface area contributed by atoms with Crippen molar-refractivity contribution in [3.05, 3.63) is 87.9 Å². The van der Waals surface area contributed by atoms with E-state index in [1.807, 2.05) is 45.0 Å². The number of benzene rings is 3. The molecule has 3 aromatic carbocycles. The van der Waals surface area contributed by atoms with Crippen molar-refractivity contribution in [2.24, 2.45) is 5.10 Å². The van der Waals surface area contributed by atoms with Gasteiger partial charge in [-0.25, -0.2) is 5.43 Å². The van der Waals surface area contributed by atoms with E-state index in [4.69, 9.17) is 16.3 Å². The van der Waals surface area contributed by atoms with Gasteiger partial charge in [0.2, 0.25) is 0 Å². The number of halogens is 1. The van der Waals surface area contributed by atoms with Crippen LogP contribution in [0.1, 0.15) is 22.3 Å². The second-order valence-corrected chi connectivity index (χ2v) is 8.23. The van der Waals surface area contributed by atoms with Crippen molar-refractivity contribution in [3.8, 4) is 5.75 Å². The van der Waals surface area contributed by atoms with Crippen molar-refractivity contribution < 1.29 is 19.1 Å². The van der Waals surface area contributed by atoms with E-state index in [1.54, 1.807) is 36.4 Å². The summed E-state index contributed by atoms with van der Waals surface area (Å²) >= 11 is 5.97. The highest BCUT2D eigenvalue weighted by Crippen LogP contribution is 2.21. The minimum atomic E-state index is -0.899. The maximum atomic E-state index is 12.2. The quantitative estimate of drug-likeness (QED) is 0.258. The van der Waals surface area contributed by atoms with Crippen LogP contribution in [0.4, 0.5) is 11.4 Å². The minimum Gasteiger partial charge on any atom is -0.484 e. The molecule has 0 bridgehead atoms. The van der Waals surface area contributed by atoms with Gasteiger partial charge in [-0.05, 0) is 67.3 Å². The van der Waals surface area contributed by atoms with Gasteiger partial charge in [-0.3, -0.25) is 14.4 Å². The van der Waals surface area contributed by atoms with Crippen LogP contribution in [0.2, 0.25) is 5.02 Å². The number of anilines is 2. The van der Waals surface area contributed by atoms with Crippen LogP contribution >= 0.6 is 11.6 Å². The van der Waals surface area contributed by atoms with Crippen LogP contribution in [0, 0.1) is 20.8 Å². The van der Waals surface area contributed by atoms with Gasteiger partial charge < -0.3 is 15.4 Å². The van der Waals surface area contributed by atoms with Gasteiger partial charge in [-0.2, -0.15) is 5.10 Å². The fourth-order valence-electron chi connectivity index (χ4n) is 3.15. The summed E-state index contributed by atoms with van der Waals surface area (Å²) in [5.41, 5.74) is 6.59. The number of carbonyl (C=O) groups excluding carboxylic acids is 3. The first kappa shape index (κ1) is 25.5. The van der Waals surface area contributed by atoms with Crippen LogP contribution in [-0.4, -0.2) is 30.5 Å². The van der Waals surface area contributed by atoms with Gasteiger partial charge in [0.25, 0.3) is 5.91 Å². The Balaban J connectivity index is 1.51. The number of nitrogens with zero attached hydrogens (tertiary/aromatic N) is 1. The standard InChI is InChI=1S/C26H25ClN4O4/c1-16-10-11-20(27)13-22(16)29-23(32)15-35-21-9-5-8-19(12-21)14-28-31-26(34)25(33)30-24-17(2)6-4-7-18(24)3/h4-14H,15H2,1-3H3,(H,29,32)(H,30,33)(H,31,34)/b28-14-. The van der Waals surface area contributed by atoms with E-state index in [0.29, 0.717) is 27.7 Å². The van der Waals surface area contributed by atoms with Crippen LogP contribution in [0.3, 0.4) is 0 Å². The predicted octanol–water partition coefficient (Wildman–Crippen LogP) is 4.37. The molecular formula is C26H25ClN4O4. The molecule has 0 radical (unpaired) electrons. The van der Waals surface area contributed by atoms with Crippen molar-refractivity contribution in [2.75, 3.05) is 17.2 Å². The van der Waals surface area contributed by atoms with Crippen LogP contribution in [0.5, 0.6) is 5.75 Å². The molecular weight excluding hydrogens is 468 g/mol. The van der Waals surface area contributed by atoms with Gasteiger partial charge in [0.1, 0.15) is 5.75 Å². The zero-order valence-corrected chi connectivity index (χ0v) is 20.3. The zero-order valence-electron chi connectivity index (χ0n) is 19.5. The minimum absolute atomic E-state index is 0.207. The smallest absolute Gasteiger partial charge is 0.329 e. The number of hydrazone groups is 1. The molecule has 0 aliphatic rings. The summed E-state index contributed by atoms with van der Waals surface area (Å²) in [6.45, 7) is 5.34. The average molecular weight is 493 g/mol. The maximum Gasteiger partial charge on any atom is 0.329 e. The molecule has 0 fully saturated rings. The fourth-order valence-corrected chi connectivity index (χ4v) is 3.32. The molecule has 3 rings (SSSR count). The number of rotatable bonds is 7. The Labute approximate surface area is 208 Å². The molecule has 0 aliphatic heterocycles. The van der Waals surface area contributed by atoms with Gasteiger partial charge in [-0.15, -0.1) is 0 Å². The normalized spacial score (nSPS) is 10.6. The lowest BCUT2D eigenvalue weighted by molar-refractivity contribution is -0.136. The third-order valence-corrected chi connectivity index (χ3v) is 5.24. The van der Waals surface area contributed by atoms with E-state index in [9.17, 15) is 14.4 Å². The van der Waals surface area contributed by atoms with Gasteiger partial charge in [-0.1, -0.05) is 48.0 Å². The lowest BCUT2D eigenvalue weighted by atomic mass is 10.1. The number of nitrogens with one attached hydrogen (secondary N) is 3. The summed E-state index contributed by atoms with van der Waals surface area (Å²) in [4.78, 5) is 36.5. The summed E-state index contributed by atoms with van der Waals surface area (Å²) in [5, 5.41) is 9.70. The van der Waals surface area contributed by atoms with E-state index < -0.39 is 11.8 Å². The van der Waals surface area contributed by atoms with Crippen LogP contribution in [-0.2, 0) is 14.4 Å². The highest BCUT2D eigenvalue weighted by atomic mass is 35.5.